The van der Waals surface area contributed by atoms with Gasteiger partial charge >= 0.3 is 5.97 Å². The summed E-state index contributed by atoms with van der Waals surface area (Å²) in [5.41, 5.74) is 1.63. The van der Waals surface area contributed by atoms with E-state index in [0.29, 0.717) is 47.7 Å². The topological polar surface area (TPSA) is 79.1 Å². The van der Waals surface area contributed by atoms with Crippen molar-refractivity contribution in [3.05, 3.63) is 88.5 Å². The second kappa shape index (κ2) is 8.94. The molecule has 0 bridgehead atoms. The van der Waals surface area contributed by atoms with Crippen LogP contribution in [0.2, 0.25) is 10.0 Å². The number of thiazole rings is 1. The number of nitrogens with zero attached hydrogens (tertiary/aromatic N) is 2. The fraction of sp³-hybridized carbons (Fsp3) is 0.208. The zero-order chi connectivity index (χ0) is 24.0. The molecule has 3 aromatic rings. The molecular weight excluding hydrogens is 499 g/mol. The summed E-state index contributed by atoms with van der Waals surface area (Å²) in [5.74, 6) is 0.566. The highest BCUT2D eigenvalue weighted by Crippen LogP contribution is 2.37. The van der Waals surface area contributed by atoms with Gasteiger partial charge in [-0.25, -0.2) is 9.79 Å². The number of allylic oxidation sites excluding steroid dienone is 1. The van der Waals surface area contributed by atoms with E-state index >= 15 is 0 Å². The third-order valence-electron chi connectivity index (χ3n) is 5.50. The van der Waals surface area contributed by atoms with Gasteiger partial charge < -0.3 is 14.2 Å². The van der Waals surface area contributed by atoms with Crippen molar-refractivity contribution < 1.29 is 19.0 Å². The zero-order valence-corrected chi connectivity index (χ0v) is 20.5. The molecule has 5 rings (SSSR count). The predicted octanol–water partition coefficient (Wildman–Crippen LogP) is 3.83. The van der Waals surface area contributed by atoms with Gasteiger partial charge in [0.05, 0.1) is 27.4 Å². The van der Waals surface area contributed by atoms with Gasteiger partial charge in [0.2, 0.25) is 6.79 Å². The van der Waals surface area contributed by atoms with Gasteiger partial charge in [0.15, 0.2) is 16.3 Å². The van der Waals surface area contributed by atoms with Crippen molar-refractivity contribution in [2.75, 3.05) is 13.4 Å². The Labute approximate surface area is 208 Å². The summed E-state index contributed by atoms with van der Waals surface area (Å²) in [4.78, 5) is 31.6. The summed E-state index contributed by atoms with van der Waals surface area (Å²) in [6, 6.07) is 9.71. The Morgan fingerprint density at radius 1 is 1.24 bits per heavy atom. The van der Waals surface area contributed by atoms with Gasteiger partial charge in [-0.15, -0.1) is 0 Å². The molecule has 2 aliphatic rings. The number of carbonyl (C=O) groups excluding carboxylic acids is 1. The molecule has 1 aromatic heterocycles. The molecule has 0 unspecified atom stereocenters. The SMILES string of the molecule is CCOC(=O)C1=C(C)N=c2s/c(=C\c3cc4c(cc3Cl)OCO4)c(=O)n2[C@H]1c1ccccc1Cl. The first-order chi connectivity index (χ1) is 16.4. The number of esters is 1. The van der Waals surface area contributed by atoms with Gasteiger partial charge in [0, 0.05) is 11.1 Å². The van der Waals surface area contributed by atoms with Gasteiger partial charge in [-0.3, -0.25) is 9.36 Å². The maximum absolute atomic E-state index is 13.7. The molecule has 0 N–H and O–H groups in total. The van der Waals surface area contributed by atoms with E-state index in [1.807, 2.05) is 6.07 Å². The number of ether oxygens (including phenoxy) is 3. The summed E-state index contributed by atoms with van der Waals surface area (Å²) in [6.45, 7) is 3.76. The lowest BCUT2D eigenvalue weighted by Gasteiger charge is -2.25. The van der Waals surface area contributed by atoms with Crippen LogP contribution in [-0.4, -0.2) is 23.9 Å². The molecule has 1 atom stereocenters. The molecule has 34 heavy (non-hydrogen) atoms. The average Bonchev–Trinajstić information content (AvgIpc) is 3.37. The van der Waals surface area contributed by atoms with E-state index < -0.39 is 12.0 Å². The minimum Gasteiger partial charge on any atom is -0.463 e. The summed E-state index contributed by atoms with van der Waals surface area (Å²) in [7, 11) is 0. The third-order valence-corrected chi connectivity index (χ3v) is 7.15. The zero-order valence-electron chi connectivity index (χ0n) is 18.1. The lowest BCUT2D eigenvalue weighted by atomic mass is 9.96. The van der Waals surface area contributed by atoms with Crippen molar-refractivity contribution in [1.29, 1.82) is 0 Å². The minimum atomic E-state index is -0.779. The molecule has 0 aliphatic carbocycles. The average molecular weight is 517 g/mol. The van der Waals surface area contributed by atoms with E-state index in [0.717, 1.165) is 0 Å². The van der Waals surface area contributed by atoms with Crippen LogP contribution in [-0.2, 0) is 9.53 Å². The number of fused-ring (bicyclic) bond motifs is 2. The second-order valence-corrected chi connectivity index (χ2v) is 9.37. The van der Waals surface area contributed by atoms with E-state index in [9.17, 15) is 9.59 Å². The molecule has 3 heterocycles. The highest BCUT2D eigenvalue weighted by Gasteiger charge is 2.34. The van der Waals surface area contributed by atoms with Gasteiger partial charge in [-0.1, -0.05) is 52.7 Å². The van der Waals surface area contributed by atoms with Crippen LogP contribution in [0.1, 0.15) is 31.0 Å². The Morgan fingerprint density at radius 2 is 1.97 bits per heavy atom. The Kier molecular flexibility index (Phi) is 5.97. The number of benzene rings is 2. The Hall–Kier alpha value is -3.07. The van der Waals surface area contributed by atoms with Gasteiger partial charge in [0.1, 0.15) is 6.04 Å². The smallest absolute Gasteiger partial charge is 0.338 e. The minimum absolute atomic E-state index is 0.116. The quantitative estimate of drug-likeness (QED) is 0.492. The molecule has 7 nitrogen and oxygen atoms in total. The molecule has 0 amide bonds. The summed E-state index contributed by atoms with van der Waals surface area (Å²) >= 11 is 14.1. The second-order valence-electron chi connectivity index (χ2n) is 7.55. The third kappa shape index (κ3) is 3.81. The van der Waals surface area contributed by atoms with Crippen molar-refractivity contribution in [2.45, 2.75) is 19.9 Å². The predicted molar refractivity (Wildman–Crippen MR) is 129 cm³/mol. The monoisotopic (exact) mass is 516 g/mol. The Morgan fingerprint density at radius 3 is 2.71 bits per heavy atom. The Balaban J connectivity index is 1.73. The number of hydrogen-bond donors (Lipinski definition) is 0. The fourth-order valence-corrected chi connectivity index (χ4v) is 5.45. The standard InChI is InChI=1S/C24H18Cl2N2O5S/c1-3-31-23(30)20-12(2)27-24-28(21(20)14-6-4-5-7-15(14)25)22(29)19(34-24)9-13-8-17-18(10-16(13)26)33-11-32-17/h4-10,21H,3,11H2,1-2H3/b19-9-/t21-/m0/s1. The molecule has 0 radical (unpaired) electrons. The van der Waals surface area contributed by atoms with E-state index in [1.54, 1.807) is 50.3 Å². The number of carbonyl (C=O) groups is 1. The first-order valence-corrected chi connectivity index (χ1v) is 12.0. The lowest BCUT2D eigenvalue weighted by molar-refractivity contribution is -0.139. The molecular formula is C24H18Cl2N2O5S. The maximum atomic E-state index is 13.7. The highest BCUT2D eigenvalue weighted by atomic mass is 35.5. The first kappa shape index (κ1) is 22.7. The lowest BCUT2D eigenvalue weighted by Crippen LogP contribution is -2.40. The molecule has 174 valence electrons. The van der Waals surface area contributed by atoms with Gasteiger partial charge in [-0.2, -0.15) is 0 Å². The van der Waals surface area contributed by atoms with Crippen LogP contribution in [0.4, 0.5) is 0 Å². The van der Waals surface area contributed by atoms with Crippen molar-refractivity contribution in [3.8, 4) is 11.5 Å². The van der Waals surface area contributed by atoms with Crippen LogP contribution >= 0.6 is 34.5 Å². The van der Waals surface area contributed by atoms with Crippen LogP contribution in [0.5, 0.6) is 11.5 Å². The van der Waals surface area contributed by atoms with E-state index in [2.05, 4.69) is 4.99 Å². The van der Waals surface area contributed by atoms with Crippen LogP contribution in [0.25, 0.3) is 6.08 Å². The molecule has 0 saturated carbocycles. The number of halogens is 2. The maximum Gasteiger partial charge on any atom is 0.338 e. The number of rotatable bonds is 4. The molecule has 0 fully saturated rings. The number of aromatic nitrogens is 1. The first-order valence-electron chi connectivity index (χ1n) is 10.4. The molecule has 0 spiro atoms. The Bertz CT molecular complexity index is 1540. The van der Waals surface area contributed by atoms with Gasteiger partial charge in [0.25, 0.3) is 5.56 Å². The van der Waals surface area contributed by atoms with E-state index in [1.165, 1.54) is 15.9 Å². The largest absolute Gasteiger partial charge is 0.463 e. The van der Waals surface area contributed by atoms with Crippen molar-refractivity contribution in [3.63, 3.8) is 0 Å². The normalized spacial score (nSPS) is 16.9. The molecule has 2 aromatic carbocycles. The summed E-state index contributed by atoms with van der Waals surface area (Å²) in [6.07, 6.45) is 1.68. The molecule has 0 saturated heterocycles. The van der Waals surface area contributed by atoms with Crippen molar-refractivity contribution in [2.24, 2.45) is 4.99 Å². The molecule has 10 heteroatoms. The van der Waals surface area contributed by atoms with Crippen LogP contribution in [0.15, 0.2) is 57.5 Å². The fourth-order valence-electron chi connectivity index (χ4n) is 3.97. The van der Waals surface area contributed by atoms with Crippen molar-refractivity contribution in [1.82, 2.24) is 4.57 Å². The van der Waals surface area contributed by atoms with Crippen LogP contribution in [0, 0.1) is 0 Å². The highest BCUT2D eigenvalue weighted by molar-refractivity contribution is 7.07. The summed E-state index contributed by atoms with van der Waals surface area (Å²) in [5, 5.41) is 0.846. The number of hydrogen-bond acceptors (Lipinski definition) is 7. The van der Waals surface area contributed by atoms with Crippen molar-refractivity contribution >= 4 is 46.6 Å². The van der Waals surface area contributed by atoms with Crippen LogP contribution < -0.4 is 24.4 Å². The summed E-state index contributed by atoms with van der Waals surface area (Å²) < 4.78 is 18.0. The van der Waals surface area contributed by atoms with Crippen LogP contribution in [0.3, 0.4) is 0 Å². The molecule has 2 aliphatic heterocycles. The van der Waals surface area contributed by atoms with E-state index in [-0.39, 0.29) is 24.5 Å². The van der Waals surface area contributed by atoms with E-state index in [4.69, 9.17) is 37.4 Å². The van der Waals surface area contributed by atoms with Gasteiger partial charge in [-0.05, 0) is 43.2 Å².